The van der Waals surface area contributed by atoms with E-state index in [0.29, 0.717) is 6.54 Å². The second-order valence-electron chi connectivity index (χ2n) is 6.83. The van der Waals surface area contributed by atoms with Crippen molar-refractivity contribution in [3.8, 4) is 0 Å². The van der Waals surface area contributed by atoms with Crippen LogP contribution in [0.4, 0.5) is 5.69 Å². The fourth-order valence-corrected chi connectivity index (χ4v) is 5.78. The number of fused-ring (bicyclic) bond motifs is 1. The number of amides is 1. The van der Waals surface area contributed by atoms with Gasteiger partial charge in [-0.05, 0) is 0 Å². The van der Waals surface area contributed by atoms with Crippen molar-refractivity contribution in [2.45, 2.75) is 24.2 Å². The summed E-state index contributed by atoms with van der Waals surface area (Å²) < 4.78 is 1.34. The van der Waals surface area contributed by atoms with Crippen molar-refractivity contribution < 1.29 is 4.79 Å². The molecule has 1 aliphatic rings. The van der Waals surface area contributed by atoms with Crippen molar-refractivity contribution in [3.63, 3.8) is 0 Å². The van der Waals surface area contributed by atoms with Crippen LogP contribution in [0.15, 0.2) is 84.9 Å². The molecule has 26 heavy (non-hydrogen) atoms. The Hall–Kier alpha value is -2.35. The van der Waals surface area contributed by atoms with Crippen molar-refractivity contribution in [2.24, 2.45) is 0 Å². The zero-order valence-electron chi connectivity index (χ0n) is 14.8. The summed E-state index contributed by atoms with van der Waals surface area (Å²) >= 11 is 0.265. The van der Waals surface area contributed by atoms with E-state index in [0.717, 1.165) is 16.6 Å². The predicted octanol–water partition coefficient (Wildman–Crippen LogP) is 3.94. The Morgan fingerprint density at radius 2 is 1.46 bits per heavy atom. The van der Waals surface area contributed by atoms with Gasteiger partial charge in [0, 0.05) is 0 Å². The van der Waals surface area contributed by atoms with Gasteiger partial charge in [0.25, 0.3) is 0 Å². The SMILES string of the molecule is C[C@@]1(C[Se]c2ccccc2)C(=O)N(Cc2ccccc2)c2ccccc21. The summed E-state index contributed by atoms with van der Waals surface area (Å²) in [4.78, 5) is 15.4. The Labute approximate surface area is 161 Å². The monoisotopic (exact) mass is 407 g/mol. The number of hydrogen-bond donors (Lipinski definition) is 0. The van der Waals surface area contributed by atoms with Crippen LogP contribution in [0.25, 0.3) is 0 Å². The molecule has 1 atom stereocenters. The molecule has 0 saturated carbocycles. The summed E-state index contributed by atoms with van der Waals surface area (Å²) in [5.41, 5.74) is 2.95. The van der Waals surface area contributed by atoms with E-state index in [-0.39, 0.29) is 20.9 Å². The molecule has 1 aliphatic heterocycles. The number of rotatable bonds is 5. The van der Waals surface area contributed by atoms with Crippen LogP contribution >= 0.6 is 0 Å². The molecule has 0 bridgehead atoms. The fraction of sp³-hybridized carbons (Fsp3) is 0.174. The zero-order chi connectivity index (χ0) is 18.0. The van der Waals surface area contributed by atoms with Crippen LogP contribution < -0.4 is 9.36 Å². The summed E-state index contributed by atoms with van der Waals surface area (Å²) in [6.07, 6.45) is 0. The van der Waals surface area contributed by atoms with Gasteiger partial charge in [-0.3, -0.25) is 0 Å². The number of hydrogen-bond acceptors (Lipinski definition) is 1. The van der Waals surface area contributed by atoms with Gasteiger partial charge in [-0.25, -0.2) is 0 Å². The van der Waals surface area contributed by atoms with Gasteiger partial charge < -0.3 is 0 Å². The van der Waals surface area contributed by atoms with Crippen LogP contribution in [0.2, 0.25) is 5.32 Å². The van der Waals surface area contributed by atoms with E-state index in [1.54, 1.807) is 0 Å². The normalized spacial score (nSPS) is 18.8. The average Bonchev–Trinajstić information content (AvgIpc) is 2.91. The molecule has 3 aromatic carbocycles. The number of carbonyl (C=O) groups is 1. The van der Waals surface area contributed by atoms with Crippen LogP contribution in [0.5, 0.6) is 0 Å². The number of anilines is 1. The van der Waals surface area contributed by atoms with E-state index < -0.39 is 5.41 Å². The van der Waals surface area contributed by atoms with Crippen molar-refractivity contribution in [1.82, 2.24) is 0 Å². The molecule has 0 N–H and O–H groups in total. The molecule has 1 amide bonds. The van der Waals surface area contributed by atoms with Gasteiger partial charge in [-0.1, -0.05) is 0 Å². The molecule has 3 heteroatoms. The third kappa shape index (κ3) is 3.09. The van der Waals surface area contributed by atoms with Crippen LogP contribution in [0, 0.1) is 0 Å². The van der Waals surface area contributed by atoms with Gasteiger partial charge in [0.1, 0.15) is 0 Å². The Morgan fingerprint density at radius 3 is 2.19 bits per heavy atom. The predicted molar refractivity (Wildman–Crippen MR) is 108 cm³/mol. The van der Waals surface area contributed by atoms with Crippen molar-refractivity contribution in [3.05, 3.63) is 96.1 Å². The second kappa shape index (κ2) is 7.11. The average molecular weight is 406 g/mol. The number of para-hydroxylation sites is 1. The number of carbonyl (C=O) groups excluding carboxylic acids is 1. The Bertz CT molecular complexity index is 910. The van der Waals surface area contributed by atoms with E-state index >= 15 is 0 Å². The minimum atomic E-state index is -0.443. The molecular formula is C23H21NOSe. The van der Waals surface area contributed by atoms with Gasteiger partial charge in [0.15, 0.2) is 0 Å². The number of nitrogens with zero attached hydrogens (tertiary/aromatic N) is 1. The standard InChI is InChI=1S/C23H21NOSe/c1-23(17-26-19-12-6-3-7-13-19)20-14-8-9-15-21(20)24(22(23)25)16-18-10-4-2-5-11-18/h2-15H,16-17H2,1H3/t23-/m0/s1. The molecule has 0 saturated heterocycles. The second-order valence-corrected chi connectivity index (χ2v) is 9.03. The van der Waals surface area contributed by atoms with Crippen molar-refractivity contribution in [2.75, 3.05) is 4.90 Å². The van der Waals surface area contributed by atoms with Crippen LogP contribution in [0.1, 0.15) is 18.1 Å². The summed E-state index contributed by atoms with van der Waals surface area (Å²) in [6.45, 7) is 2.74. The Kier molecular flexibility index (Phi) is 4.67. The van der Waals surface area contributed by atoms with E-state index in [9.17, 15) is 4.79 Å². The first-order valence-corrected chi connectivity index (χ1v) is 10.9. The first kappa shape index (κ1) is 17.1. The van der Waals surface area contributed by atoms with Crippen LogP contribution in [0.3, 0.4) is 0 Å². The fourth-order valence-electron chi connectivity index (χ4n) is 3.50. The molecule has 0 aliphatic carbocycles. The number of benzene rings is 3. The molecule has 4 rings (SSSR count). The zero-order valence-corrected chi connectivity index (χ0v) is 16.5. The van der Waals surface area contributed by atoms with Crippen molar-refractivity contribution in [1.29, 1.82) is 0 Å². The summed E-state index contributed by atoms with van der Waals surface area (Å²) in [5.74, 6) is 0.223. The van der Waals surface area contributed by atoms with Gasteiger partial charge in [-0.2, -0.15) is 0 Å². The molecule has 0 fully saturated rings. The molecular weight excluding hydrogens is 385 g/mol. The van der Waals surface area contributed by atoms with Gasteiger partial charge in [0.2, 0.25) is 0 Å². The summed E-state index contributed by atoms with van der Waals surface area (Å²) in [6, 6.07) is 29.0. The van der Waals surface area contributed by atoms with Gasteiger partial charge >= 0.3 is 161 Å². The molecule has 0 unspecified atom stereocenters. The van der Waals surface area contributed by atoms with Crippen LogP contribution in [-0.4, -0.2) is 20.9 Å². The van der Waals surface area contributed by atoms with E-state index in [1.807, 2.05) is 41.3 Å². The Balaban J connectivity index is 1.64. The van der Waals surface area contributed by atoms with E-state index in [4.69, 9.17) is 0 Å². The summed E-state index contributed by atoms with van der Waals surface area (Å²) in [5, 5.41) is 0.880. The molecule has 1 heterocycles. The van der Waals surface area contributed by atoms with E-state index in [1.165, 1.54) is 10.0 Å². The van der Waals surface area contributed by atoms with Gasteiger partial charge in [0.05, 0.1) is 0 Å². The van der Waals surface area contributed by atoms with Crippen LogP contribution in [-0.2, 0) is 16.8 Å². The van der Waals surface area contributed by atoms with E-state index in [2.05, 4.69) is 55.5 Å². The summed E-state index contributed by atoms with van der Waals surface area (Å²) in [7, 11) is 0. The molecule has 3 aromatic rings. The third-order valence-corrected chi connectivity index (χ3v) is 7.75. The topological polar surface area (TPSA) is 20.3 Å². The maximum atomic E-state index is 13.4. The molecule has 130 valence electrons. The quantitative estimate of drug-likeness (QED) is 0.588. The minimum absolute atomic E-state index is 0.223. The molecule has 0 spiro atoms. The molecule has 2 nitrogen and oxygen atoms in total. The third-order valence-electron chi connectivity index (χ3n) is 4.96. The molecule has 0 radical (unpaired) electrons. The first-order valence-electron chi connectivity index (χ1n) is 8.82. The molecule has 0 aromatic heterocycles. The first-order chi connectivity index (χ1) is 12.7. The maximum absolute atomic E-state index is 13.4. The van der Waals surface area contributed by atoms with Gasteiger partial charge in [-0.15, -0.1) is 0 Å². The van der Waals surface area contributed by atoms with Crippen molar-refractivity contribution >= 4 is 31.0 Å². The Morgan fingerprint density at radius 1 is 0.846 bits per heavy atom.